The molecular formula is C19H30BrFN4O3. The predicted octanol–water partition coefficient (Wildman–Crippen LogP) is 1.84. The van der Waals surface area contributed by atoms with Crippen LogP contribution in [0.1, 0.15) is 25.3 Å². The van der Waals surface area contributed by atoms with E-state index >= 15 is 0 Å². The summed E-state index contributed by atoms with van der Waals surface area (Å²) in [5.41, 5.74) is 0.388. The van der Waals surface area contributed by atoms with Gasteiger partial charge >= 0.3 is 6.03 Å². The van der Waals surface area contributed by atoms with Crippen LogP contribution in [-0.2, 0) is 11.3 Å². The molecule has 0 bridgehead atoms. The van der Waals surface area contributed by atoms with E-state index in [1.807, 2.05) is 6.92 Å². The van der Waals surface area contributed by atoms with Gasteiger partial charge < -0.3 is 26.0 Å². The van der Waals surface area contributed by atoms with E-state index < -0.39 is 5.82 Å². The number of aliphatic hydroxyl groups excluding tert-OH is 1. The standard InChI is InChI=1S/C19H30BrFN4O3/c1-3-6-25(17(11-23-13-27)7-14(12-26)9-22-2)19(28)24-10-15-4-5-16(20)8-18(15)21/h4-5,8,13-14,17,22,26H,3,6-7,9-12H2,1-2H3,(H,23,27)(H,24,28). The van der Waals surface area contributed by atoms with E-state index in [9.17, 15) is 19.1 Å². The van der Waals surface area contributed by atoms with Gasteiger partial charge in [-0.2, -0.15) is 0 Å². The van der Waals surface area contributed by atoms with Crippen LogP contribution in [0, 0.1) is 11.7 Å². The number of carbonyl (C=O) groups excluding carboxylic acids is 2. The number of nitrogens with one attached hydrogen (secondary N) is 3. The molecule has 0 heterocycles. The maximum atomic E-state index is 14.0. The molecule has 0 aromatic heterocycles. The fourth-order valence-corrected chi connectivity index (χ4v) is 3.36. The molecule has 1 aromatic rings. The third-order valence-corrected chi connectivity index (χ3v) is 4.90. The number of hydrogen-bond donors (Lipinski definition) is 4. The van der Waals surface area contributed by atoms with Crippen molar-refractivity contribution >= 4 is 28.4 Å². The number of amides is 3. The zero-order valence-corrected chi connectivity index (χ0v) is 18.0. The summed E-state index contributed by atoms with van der Waals surface area (Å²) in [6, 6.07) is 4.07. The molecule has 2 atom stereocenters. The highest BCUT2D eigenvalue weighted by molar-refractivity contribution is 9.10. The van der Waals surface area contributed by atoms with Gasteiger partial charge in [-0.05, 0) is 44.5 Å². The highest BCUT2D eigenvalue weighted by Crippen LogP contribution is 2.16. The molecule has 4 N–H and O–H groups in total. The molecule has 0 saturated heterocycles. The fourth-order valence-electron chi connectivity index (χ4n) is 3.03. The number of aliphatic hydroxyl groups is 1. The lowest BCUT2D eigenvalue weighted by molar-refractivity contribution is -0.109. The lowest BCUT2D eigenvalue weighted by Crippen LogP contribution is -2.51. The molecule has 158 valence electrons. The van der Waals surface area contributed by atoms with Gasteiger partial charge in [0.1, 0.15) is 5.82 Å². The Hall–Kier alpha value is -1.71. The predicted molar refractivity (Wildman–Crippen MR) is 110 cm³/mol. The normalized spacial score (nSPS) is 12.9. The maximum absolute atomic E-state index is 14.0. The number of benzene rings is 1. The van der Waals surface area contributed by atoms with Gasteiger partial charge in [0.25, 0.3) is 0 Å². The van der Waals surface area contributed by atoms with Crippen molar-refractivity contribution in [2.24, 2.45) is 5.92 Å². The van der Waals surface area contributed by atoms with Crippen LogP contribution < -0.4 is 16.0 Å². The molecule has 0 aliphatic rings. The zero-order valence-electron chi connectivity index (χ0n) is 16.4. The smallest absolute Gasteiger partial charge is 0.317 e. The van der Waals surface area contributed by atoms with Gasteiger partial charge in [-0.15, -0.1) is 0 Å². The summed E-state index contributed by atoms with van der Waals surface area (Å²) in [5.74, 6) is -0.454. The molecule has 0 fully saturated rings. The molecule has 1 aromatic carbocycles. The topological polar surface area (TPSA) is 93.7 Å². The number of nitrogens with zero attached hydrogens (tertiary/aromatic N) is 1. The Bertz CT molecular complexity index is 621. The summed E-state index contributed by atoms with van der Waals surface area (Å²) in [6.45, 7) is 3.35. The molecular weight excluding hydrogens is 431 g/mol. The lowest BCUT2D eigenvalue weighted by Gasteiger charge is -2.33. The summed E-state index contributed by atoms with van der Waals surface area (Å²) in [6.07, 6.45) is 1.85. The van der Waals surface area contributed by atoms with Crippen molar-refractivity contribution in [2.75, 3.05) is 33.3 Å². The lowest BCUT2D eigenvalue weighted by atomic mass is 9.99. The Kier molecular flexibility index (Phi) is 11.7. The SMILES string of the molecule is CCCN(C(=O)NCc1ccc(Br)cc1F)C(CNC=O)CC(CO)CNC. The molecule has 2 unspecified atom stereocenters. The van der Waals surface area contributed by atoms with Gasteiger partial charge in [0.2, 0.25) is 6.41 Å². The number of rotatable bonds is 13. The van der Waals surface area contributed by atoms with Crippen LogP contribution in [0.4, 0.5) is 9.18 Å². The Balaban J connectivity index is 2.87. The van der Waals surface area contributed by atoms with Gasteiger partial charge in [0.15, 0.2) is 0 Å². The number of halogens is 2. The second-order valence-electron chi connectivity index (χ2n) is 6.61. The van der Waals surface area contributed by atoms with Crippen molar-refractivity contribution < 1.29 is 19.1 Å². The molecule has 0 radical (unpaired) electrons. The van der Waals surface area contributed by atoms with E-state index in [1.54, 1.807) is 24.1 Å². The minimum atomic E-state index is -0.398. The van der Waals surface area contributed by atoms with Crippen LogP contribution in [0.15, 0.2) is 22.7 Å². The average Bonchev–Trinajstić information content (AvgIpc) is 2.67. The highest BCUT2D eigenvalue weighted by Gasteiger charge is 2.25. The van der Waals surface area contributed by atoms with E-state index in [-0.39, 0.29) is 37.7 Å². The molecule has 3 amide bonds. The summed E-state index contributed by atoms with van der Waals surface area (Å²) >= 11 is 3.21. The first-order chi connectivity index (χ1) is 13.5. The summed E-state index contributed by atoms with van der Waals surface area (Å²) < 4.78 is 14.6. The van der Waals surface area contributed by atoms with Crippen molar-refractivity contribution in [3.05, 3.63) is 34.1 Å². The van der Waals surface area contributed by atoms with Crippen molar-refractivity contribution in [1.82, 2.24) is 20.9 Å². The van der Waals surface area contributed by atoms with Crippen molar-refractivity contribution in [3.63, 3.8) is 0 Å². The number of urea groups is 1. The number of hydrogen-bond acceptors (Lipinski definition) is 4. The molecule has 7 nitrogen and oxygen atoms in total. The third-order valence-electron chi connectivity index (χ3n) is 4.40. The van der Waals surface area contributed by atoms with E-state index in [4.69, 9.17) is 0 Å². The Morgan fingerprint density at radius 1 is 1.39 bits per heavy atom. The zero-order chi connectivity index (χ0) is 20.9. The maximum Gasteiger partial charge on any atom is 0.317 e. The first-order valence-electron chi connectivity index (χ1n) is 9.37. The quantitative estimate of drug-likeness (QED) is 0.338. The Labute approximate surface area is 174 Å². The van der Waals surface area contributed by atoms with Gasteiger partial charge in [-0.3, -0.25) is 4.79 Å². The van der Waals surface area contributed by atoms with Gasteiger partial charge in [0, 0.05) is 36.3 Å². The first-order valence-corrected chi connectivity index (χ1v) is 10.2. The molecule has 28 heavy (non-hydrogen) atoms. The monoisotopic (exact) mass is 460 g/mol. The summed E-state index contributed by atoms with van der Waals surface area (Å²) in [4.78, 5) is 25.2. The van der Waals surface area contributed by atoms with E-state index in [0.717, 1.165) is 6.42 Å². The minimum Gasteiger partial charge on any atom is -0.396 e. The van der Waals surface area contributed by atoms with E-state index in [2.05, 4.69) is 31.9 Å². The average molecular weight is 461 g/mol. The first kappa shape index (κ1) is 24.3. The van der Waals surface area contributed by atoms with Crippen LogP contribution in [0.2, 0.25) is 0 Å². The fraction of sp³-hybridized carbons (Fsp3) is 0.579. The van der Waals surface area contributed by atoms with Crippen molar-refractivity contribution in [3.8, 4) is 0 Å². The molecule has 1 rings (SSSR count). The van der Waals surface area contributed by atoms with Gasteiger partial charge in [-0.25, -0.2) is 9.18 Å². The second-order valence-corrected chi connectivity index (χ2v) is 7.53. The third kappa shape index (κ3) is 8.12. The van der Waals surface area contributed by atoms with Crippen LogP contribution in [0.3, 0.4) is 0 Å². The van der Waals surface area contributed by atoms with Crippen molar-refractivity contribution in [1.29, 1.82) is 0 Å². The van der Waals surface area contributed by atoms with Gasteiger partial charge in [-0.1, -0.05) is 28.9 Å². The molecule has 0 aliphatic carbocycles. The Morgan fingerprint density at radius 3 is 2.71 bits per heavy atom. The highest BCUT2D eigenvalue weighted by atomic mass is 79.9. The molecule has 0 saturated carbocycles. The largest absolute Gasteiger partial charge is 0.396 e. The summed E-state index contributed by atoms with van der Waals surface area (Å²) in [5, 5.41) is 18.0. The van der Waals surface area contributed by atoms with Gasteiger partial charge in [0.05, 0.1) is 6.04 Å². The van der Waals surface area contributed by atoms with Crippen LogP contribution in [0.25, 0.3) is 0 Å². The molecule has 9 heteroatoms. The molecule has 0 aliphatic heterocycles. The molecule has 0 spiro atoms. The Morgan fingerprint density at radius 2 is 2.14 bits per heavy atom. The van der Waals surface area contributed by atoms with Crippen LogP contribution >= 0.6 is 15.9 Å². The van der Waals surface area contributed by atoms with Crippen LogP contribution in [-0.4, -0.2) is 61.8 Å². The second kappa shape index (κ2) is 13.5. The van der Waals surface area contributed by atoms with Crippen LogP contribution in [0.5, 0.6) is 0 Å². The minimum absolute atomic E-state index is 0.0237. The van der Waals surface area contributed by atoms with Crippen molar-refractivity contribution in [2.45, 2.75) is 32.4 Å². The van der Waals surface area contributed by atoms with E-state index in [0.29, 0.717) is 36.0 Å². The van der Waals surface area contributed by atoms with E-state index in [1.165, 1.54) is 6.07 Å². The summed E-state index contributed by atoms with van der Waals surface area (Å²) in [7, 11) is 1.80. The number of carbonyl (C=O) groups is 2.